The average molecular weight is 367 g/mol. The third kappa shape index (κ3) is 5.16. The highest BCUT2D eigenvalue weighted by atomic mass is 16.2. The lowest BCUT2D eigenvalue weighted by Gasteiger charge is -2.20. The predicted octanol–water partition coefficient (Wildman–Crippen LogP) is 3.15. The maximum absolute atomic E-state index is 12.5. The van der Waals surface area contributed by atoms with Crippen LogP contribution in [0, 0.1) is 6.92 Å². The van der Waals surface area contributed by atoms with E-state index in [4.69, 9.17) is 0 Å². The highest BCUT2D eigenvalue weighted by molar-refractivity contribution is 5.88. The summed E-state index contributed by atoms with van der Waals surface area (Å²) in [5.41, 5.74) is 1.06. The van der Waals surface area contributed by atoms with Crippen molar-refractivity contribution in [2.75, 3.05) is 5.32 Å². The first-order valence-electron chi connectivity index (χ1n) is 9.16. The van der Waals surface area contributed by atoms with Crippen LogP contribution in [-0.2, 0) is 13.1 Å². The maximum atomic E-state index is 12.5. The first-order chi connectivity index (χ1) is 13.2. The van der Waals surface area contributed by atoms with E-state index < -0.39 is 0 Å². The zero-order valence-corrected chi connectivity index (χ0v) is 15.7. The van der Waals surface area contributed by atoms with Gasteiger partial charge in [0.05, 0.1) is 12.2 Å². The van der Waals surface area contributed by atoms with E-state index >= 15 is 0 Å². The van der Waals surface area contributed by atoms with Gasteiger partial charge < -0.3 is 9.88 Å². The van der Waals surface area contributed by atoms with Crippen molar-refractivity contribution in [3.63, 3.8) is 0 Å². The Kier molecular flexibility index (Phi) is 6.19. The Bertz CT molecular complexity index is 856. The van der Waals surface area contributed by atoms with Gasteiger partial charge in [0.2, 0.25) is 0 Å². The van der Waals surface area contributed by atoms with Gasteiger partial charge in [-0.2, -0.15) is 0 Å². The number of carbonyl (C=O) groups is 1. The van der Waals surface area contributed by atoms with Gasteiger partial charge in [-0.05, 0) is 25.3 Å². The number of rotatable bonds is 8. The molecular formula is C19H25N7O. The molecule has 0 saturated heterocycles. The van der Waals surface area contributed by atoms with Crippen molar-refractivity contribution in [3.8, 4) is 0 Å². The van der Waals surface area contributed by atoms with Crippen LogP contribution in [0.1, 0.15) is 37.2 Å². The fourth-order valence-corrected chi connectivity index (χ4v) is 2.92. The molecule has 2 amide bonds. The van der Waals surface area contributed by atoms with Crippen LogP contribution in [0.5, 0.6) is 0 Å². The highest BCUT2D eigenvalue weighted by Gasteiger charge is 2.16. The van der Waals surface area contributed by atoms with Crippen molar-refractivity contribution >= 4 is 11.8 Å². The number of amides is 2. The number of aromatic nitrogens is 5. The highest BCUT2D eigenvalue weighted by Crippen LogP contribution is 2.18. The zero-order valence-electron chi connectivity index (χ0n) is 15.7. The van der Waals surface area contributed by atoms with Crippen molar-refractivity contribution in [2.45, 2.75) is 45.8 Å². The molecule has 0 aliphatic heterocycles. The summed E-state index contributed by atoms with van der Waals surface area (Å²) >= 11 is 0. The van der Waals surface area contributed by atoms with E-state index in [1.165, 1.54) is 0 Å². The Morgan fingerprint density at radius 2 is 2.04 bits per heavy atom. The van der Waals surface area contributed by atoms with Gasteiger partial charge in [0.25, 0.3) is 0 Å². The molecule has 1 atom stereocenters. The number of benzene rings is 1. The predicted molar refractivity (Wildman–Crippen MR) is 103 cm³/mol. The third-order valence-electron chi connectivity index (χ3n) is 4.32. The molecule has 8 nitrogen and oxygen atoms in total. The molecule has 2 heterocycles. The van der Waals surface area contributed by atoms with E-state index in [-0.39, 0.29) is 12.1 Å². The number of aryl methyl sites for hydroxylation is 3. The molecule has 0 saturated carbocycles. The van der Waals surface area contributed by atoms with E-state index in [0.29, 0.717) is 5.82 Å². The number of hydrogen-bond donors (Lipinski definition) is 2. The van der Waals surface area contributed by atoms with Crippen LogP contribution in [-0.4, -0.2) is 30.6 Å². The van der Waals surface area contributed by atoms with Gasteiger partial charge in [-0.25, -0.2) is 9.78 Å². The molecule has 0 unspecified atom stereocenters. The molecule has 8 heteroatoms. The number of imidazole rings is 1. The number of urea groups is 1. The van der Waals surface area contributed by atoms with Crippen LogP contribution in [0.3, 0.4) is 0 Å². The van der Waals surface area contributed by atoms with Crippen LogP contribution < -0.4 is 10.6 Å². The van der Waals surface area contributed by atoms with Crippen molar-refractivity contribution in [1.29, 1.82) is 0 Å². The molecule has 0 aliphatic carbocycles. The lowest BCUT2D eigenvalue weighted by Crippen LogP contribution is -2.33. The van der Waals surface area contributed by atoms with E-state index in [2.05, 4.69) is 37.4 Å². The normalized spacial score (nSPS) is 11.9. The minimum Gasteiger partial charge on any atom is -0.335 e. The van der Waals surface area contributed by atoms with Crippen LogP contribution in [0.15, 0.2) is 48.9 Å². The van der Waals surface area contributed by atoms with Gasteiger partial charge in [-0.3, -0.25) is 10.00 Å². The summed E-state index contributed by atoms with van der Waals surface area (Å²) in [7, 11) is 0. The fraction of sp³-hybridized carbons (Fsp3) is 0.368. The molecule has 3 aromatic rings. The minimum atomic E-state index is -0.297. The first-order valence-corrected chi connectivity index (χ1v) is 9.16. The molecule has 2 N–H and O–H groups in total. The number of carbonyl (C=O) groups excluding carboxylic acids is 1. The van der Waals surface area contributed by atoms with E-state index in [0.717, 1.165) is 37.3 Å². The van der Waals surface area contributed by atoms with Gasteiger partial charge in [0.15, 0.2) is 5.82 Å². The second-order valence-corrected chi connectivity index (χ2v) is 6.39. The number of anilines is 1. The fourth-order valence-electron chi connectivity index (χ4n) is 2.92. The minimum absolute atomic E-state index is 0.126. The molecule has 0 aliphatic rings. The van der Waals surface area contributed by atoms with E-state index in [1.807, 2.05) is 43.5 Å². The molecule has 1 aromatic carbocycles. The quantitative estimate of drug-likeness (QED) is 0.640. The Morgan fingerprint density at radius 3 is 2.74 bits per heavy atom. The van der Waals surface area contributed by atoms with Crippen molar-refractivity contribution in [1.82, 2.24) is 29.9 Å². The second kappa shape index (κ2) is 8.98. The van der Waals surface area contributed by atoms with Crippen LogP contribution in [0.2, 0.25) is 0 Å². The maximum Gasteiger partial charge on any atom is 0.320 e. The Hall–Kier alpha value is -3.16. The summed E-state index contributed by atoms with van der Waals surface area (Å²) in [5, 5.41) is 13.8. The molecule has 0 spiro atoms. The molecule has 2 aromatic heterocycles. The topological polar surface area (TPSA) is 89.7 Å². The van der Waals surface area contributed by atoms with Gasteiger partial charge >= 0.3 is 6.03 Å². The van der Waals surface area contributed by atoms with Crippen molar-refractivity contribution in [3.05, 3.63) is 60.3 Å². The van der Waals surface area contributed by atoms with Crippen molar-refractivity contribution < 1.29 is 4.79 Å². The molecule has 0 fully saturated rings. The third-order valence-corrected chi connectivity index (χ3v) is 4.32. The summed E-state index contributed by atoms with van der Waals surface area (Å²) in [6, 6.07) is 9.52. The standard InChI is InChI=1S/C19H25N7O/c1-3-11-26-14-18(23-24-26)22-19(27)21-17(16-7-5-4-6-8-16)9-12-25-13-10-20-15(25)2/h4-8,10,13-14,17H,3,9,11-12H2,1-2H3,(H2,21,22,27)/t17-/m1/s1. The summed E-state index contributed by atoms with van der Waals surface area (Å²) in [5.74, 6) is 1.40. The summed E-state index contributed by atoms with van der Waals surface area (Å²) in [4.78, 5) is 16.7. The van der Waals surface area contributed by atoms with Crippen LogP contribution >= 0.6 is 0 Å². The van der Waals surface area contributed by atoms with Crippen LogP contribution in [0.25, 0.3) is 0 Å². The number of hydrogen-bond acceptors (Lipinski definition) is 4. The molecular weight excluding hydrogens is 342 g/mol. The van der Waals surface area contributed by atoms with Gasteiger partial charge in [0, 0.05) is 25.5 Å². The van der Waals surface area contributed by atoms with E-state index in [1.54, 1.807) is 17.1 Å². The smallest absolute Gasteiger partial charge is 0.320 e. The summed E-state index contributed by atoms with van der Waals surface area (Å²) in [6.07, 6.45) is 7.17. The average Bonchev–Trinajstić information content (AvgIpc) is 3.28. The number of nitrogens with zero attached hydrogens (tertiary/aromatic N) is 5. The molecule has 27 heavy (non-hydrogen) atoms. The molecule has 142 valence electrons. The lowest BCUT2D eigenvalue weighted by atomic mass is 10.0. The number of nitrogens with one attached hydrogen (secondary N) is 2. The Morgan fingerprint density at radius 1 is 1.22 bits per heavy atom. The van der Waals surface area contributed by atoms with Gasteiger partial charge in [-0.1, -0.05) is 42.5 Å². The first kappa shape index (κ1) is 18.6. The zero-order chi connectivity index (χ0) is 19.1. The second-order valence-electron chi connectivity index (χ2n) is 6.39. The monoisotopic (exact) mass is 367 g/mol. The molecule has 0 radical (unpaired) electrons. The van der Waals surface area contributed by atoms with Crippen molar-refractivity contribution in [2.24, 2.45) is 0 Å². The Balaban J connectivity index is 1.64. The molecule has 3 rings (SSSR count). The van der Waals surface area contributed by atoms with Gasteiger partial charge in [0.1, 0.15) is 5.82 Å². The summed E-state index contributed by atoms with van der Waals surface area (Å²) < 4.78 is 3.79. The van der Waals surface area contributed by atoms with E-state index in [9.17, 15) is 4.79 Å². The lowest BCUT2D eigenvalue weighted by molar-refractivity contribution is 0.247. The largest absolute Gasteiger partial charge is 0.335 e. The summed E-state index contributed by atoms with van der Waals surface area (Å²) in [6.45, 7) is 5.57. The Labute approximate surface area is 158 Å². The van der Waals surface area contributed by atoms with Crippen LogP contribution in [0.4, 0.5) is 10.6 Å². The van der Waals surface area contributed by atoms with Gasteiger partial charge in [-0.15, -0.1) is 5.10 Å². The molecule has 0 bridgehead atoms. The SMILES string of the molecule is CCCn1cc(NC(=O)N[C@H](CCn2ccnc2C)c2ccccc2)nn1.